The largest absolute Gasteiger partial charge is 0.381 e. The van der Waals surface area contributed by atoms with Crippen LogP contribution in [0.25, 0.3) is 0 Å². The monoisotopic (exact) mass is 290 g/mol. The van der Waals surface area contributed by atoms with Crippen LogP contribution in [-0.2, 0) is 0 Å². The van der Waals surface area contributed by atoms with Crippen molar-refractivity contribution < 1.29 is 4.79 Å². The maximum Gasteiger partial charge on any atom is 0.272 e. The first-order valence-electron chi connectivity index (χ1n) is 7.93. The average Bonchev–Trinajstić information content (AvgIpc) is 2.51. The molecule has 1 fully saturated rings. The maximum absolute atomic E-state index is 12.3. The molecule has 0 aromatic carbocycles. The van der Waals surface area contributed by atoms with Gasteiger partial charge in [0.2, 0.25) is 0 Å². The number of hydrogen-bond acceptors (Lipinski definition) is 4. The summed E-state index contributed by atoms with van der Waals surface area (Å²) in [4.78, 5) is 18.3. The molecule has 0 aliphatic heterocycles. The van der Waals surface area contributed by atoms with Gasteiger partial charge >= 0.3 is 0 Å². The number of nitrogens with two attached hydrogens (primary N) is 1. The first-order chi connectivity index (χ1) is 10.2. The van der Waals surface area contributed by atoms with Crippen LogP contribution in [-0.4, -0.2) is 41.0 Å². The van der Waals surface area contributed by atoms with Crippen LogP contribution in [0.1, 0.15) is 50.0 Å². The smallest absolute Gasteiger partial charge is 0.272 e. The second-order valence-electron chi connectivity index (χ2n) is 5.61. The third kappa shape index (κ3) is 3.94. The number of hydrogen-bond donors (Lipinski definition) is 2. The van der Waals surface area contributed by atoms with Crippen molar-refractivity contribution in [3.8, 4) is 0 Å². The lowest BCUT2D eigenvalue weighted by Crippen LogP contribution is -2.42. The minimum Gasteiger partial charge on any atom is -0.381 e. The molecule has 1 aliphatic rings. The minimum absolute atomic E-state index is 0.0170. The van der Waals surface area contributed by atoms with Crippen LogP contribution in [0.3, 0.4) is 0 Å². The van der Waals surface area contributed by atoms with E-state index in [9.17, 15) is 4.79 Å². The first-order valence-corrected chi connectivity index (χ1v) is 7.93. The molecular weight excluding hydrogens is 264 g/mol. The van der Waals surface area contributed by atoms with Gasteiger partial charge in [0.1, 0.15) is 5.69 Å². The fraction of sp³-hybridized carbons (Fsp3) is 0.625. The van der Waals surface area contributed by atoms with Crippen molar-refractivity contribution in [1.82, 2.24) is 9.88 Å². The van der Waals surface area contributed by atoms with Crippen molar-refractivity contribution in [1.29, 1.82) is 0 Å². The fourth-order valence-electron chi connectivity index (χ4n) is 2.86. The van der Waals surface area contributed by atoms with E-state index in [4.69, 9.17) is 5.73 Å². The highest BCUT2D eigenvalue weighted by atomic mass is 16.2. The predicted octanol–water partition coefficient (Wildman–Crippen LogP) is 2.25. The third-order valence-electron chi connectivity index (χ3n) is 4.20. The van der Waals surface area contributed by atoms with E-state index >= 15 is 0 Å². The first kappa shape index (κ1) is 15.8. The molecule has 1 amide bonds. The summed E-state index contributed by atoms with van der Waals surface area (Å²) in [7, 11) is 0. The molecule has 1 aromatic heterocycles. The van der Waals surface area contributed by atoms with Crippen LogP contribution in [0, 0.1) is 0 Å². The Balaban J connectivity index is 2.08. The van der Waals surface area contributed by atoms with Gasteiger partial charge in [-0.1, -0.05) is 12.8 Å². The molecule has 0 unspecified atom stereocenters. The number of nitrogens with zero attached hydrogens (tertiary/aromatic N) is 2. The Kier molecular flexibility index (Phi) is 5.56. The molecule has 116 valence electrons. The molecule has 5 nitrogen and oxygen atoms in total. The van der Waals surface area contributed by atoms with Gasteiger partial charge in [0.25, 0.3) is 5.91 Å². The van der Waals surface area contributed by atoms with Gasteiger partial charge in [-0.15, -0.1) is 0 Å². The Morgan fingerprint density at radius 2 is 2.10 bits per heavy atom. The molecular formula is C16H26N4O. The van der Waals surface area contributed by atoms with Gasteiger partial charge in [0, 0.05) is 37.1 Å². The second kappa shape index (κ2) is 7.41. The van der Waals surface area contributed by atoms with Crippen molar-refractivity contribution in [2.75, 3.05) is 18.4 Å². The molecule has 5 heteroatoms. The SMILES string of the molecule is CCN(CC)C(=O)c1cc(N[C@@H]2CCCC[C@H]2N)ccn1. The van der Waals surface area contributed by atoms with Gasteiger partial charge in [-0.05, 0) is 38.8 Å². The molecule has 0 saturated heterocycles. The lowest BCUT2D eigenvalue weighted by Gasteiger charge is -2.30. The zero-order chi connectivity index (χ0) is 15.2. The van der Waals surface area contributed by atoms with E-state index in [1.54, 1.807) is 11.1 Å². The molecule has 0 radical (unpaired) electrons. The van der Waals surface area contributed by atoms with Crippen LogP contribution in [0.2, 0.25) is 0 Å². The number of anilines is 1. The highest BCUT2D eigenvalue weighted by Crippen LogP contribution is 2.21. The van der Waals surface area contributed by atoms with Crippen molar-refractivity contribution in [2.24, 2.45) is 5.73 Å². The van der Waals surface area contributed by atoms with Crippen LogP contribution in [0.5, 0.6) is 0 Å². The number of aromatic nitrogens is 1. The van der Waals surface area contributed by atoms with Gasteiger partial charge in [0.05, 0.1) is 0 Å². The van der Waals surface area contributed by atoms with E-state index in [-0.39, 0.29) is 18.0 Å². The molecule has 1 aliphatic carbocycles. The number of carbonyl (C=O) groups is 1. The third-order valence-corrected chi connectivity index (χ3v) is 4.20. The second-order valence-corrected chi connectivity index (χ2v) is 5.61. The summed E-state index contributed by atoms with van der Waals surface area (Å²) in [5.74, 6) is -0.0170. The summed E-state index contributed by atoms with van der Waals surface area (Å²) in [6, 6.07) is 4.22. The summed E-state index contributed by atoms with van der Waals surface area (Å²) in [5.41, 5.74) is 7.59. The molecule has 1 aromatic rings. The number of pyridine rings is 1. The van der Waals surface area contributed by atoms with Crippen molar-refractivity contribution in [3.63, 3.8) is 0 Å². The summed E-state index contributed by atoms with van der Waals surface area (Å²) in [6.45, 7) is 5.35. The molecule has 2 rings (SSSR count). The zero-order valence-electron chi connectivity index (χ0n) is 13.0. The average molecular weight is 290 g/mol. The highest BCUT2D eigenvalue weighted by molar-refractivity contribution is 5.93. The number of carbonyl (C=O) groups excluding carboxylic acids is 1. The quantitative estimate of drug-likeness (QED) is 0.872. The summed E-state index contributed by atoms with van der Waals surface area (Å²) >= 11 is 0. The van der Waals surface area contributed by atoms with Crippen molar-refractivity contribution >= 4 is 11.6 Å². The lowest BCUT2D eigenvalue weighted by molar-refractivity contribution is 0.0767. The van der Waals surface area contributed by atoms with Gasteiger partial charge in [-0.3, -0.25) is 9.78 Å². The van der Waals surface area contributed by atoms with E-state index in [0.29, 0.717) is 18.8 Å². The van der Waals surface area contributed by atoms with Gasteiger partial charge in [-0.2, -0.15) is 0 Å². The number of nitrogens with one attached hydrogen (secondary N) is 1. The minimum atomic E-state index is -0.0170. The standard InChI is InChI=1S/C16H26N4O/c1-3-20(4-2)16(21)15-11-12(9-10-18-15)19-14-8-6-5-7-13(14)17/h9-11,13-14H,3-8,17H2,1-2H3,(H,18,19)/t13-,14-/m1/s1. The normalized spacial score (nSPS) is 21.9. The Morgan fingerprint density at radius 1 is 1.38 bits per heavy atom. The summed E-state index contributed by atoms with van der Waals surface area (Å²) in [6.07, 6.45) is 6.26. The molecule has 1 saturated carbocycles. The van der Waals surface area contributed by atoms with E-state index in [2.05, 4.69) is 10.3 Å². The highest BCUT2D eigenvalue weighted by Gasteiger charge is 2.22. The number of rotatable bonds is 5. The van der Waals surface area contributed by atoms with Crippen molar-refractivity contribution in [2.45, 2.75) is 51.6 Å². The van der Waals surface area contributed by atoms with E-state index in [1.165, 1.54) is 12.8 Å². The maximum atomic E-state index is 12.3. The van der Waals surface area contributed by atoms with Gasteiger partial charge < -0.3 is 16.0 Å². The Bertz CT molecular complexity index is 473. The predicted molar refractivity (Wildman–Crippen MR) is 85.3 cm³/mol. The summed E-state index contributed by atoms with van der Waals surface area (Å²) in [5, 5.41) is 3.47. The molecule has 3 N–H and O–H groups in total. The summed E-state index contributed by atoms with van der Waals surface area (Å²) < 4.78 is 0. The molecule has 0 bridgehead atoms. The van der Waals surface area contributed by atoms with Crippen LogP contribution < -0.4 is 11.1 Å². The zero-order valence-corrected chi connectivity index (χ0v) is 13.0. The number of amides is 1. The molecule has 0 spiro atoms. The molecule has 2 atom stereocenters. The van der Waals surface area contributed by atoms with Gasteiger partial charge in [0.15, 0.2) is 0 Å². The fourth-order valence-corrected chi connectivity index (χ4v) is 2.86. The lowest BCUT2D eigenvalue weighted by atomic mass is 9.91. The Labute approximate surface area is 126 Å². The van der Waals surface area contributed by atoms with E-state index in [1.807, 2.05) is 26.0 Å². The van der Waals surface area contributed by atoms with E-state index < -0.39 is 0 Å². The van der Waals surface area contributed by atoms with E-state index in [0.717, 1.165) is 18.5 Å². The topological polar surface area (TPSA) is 71.2 Å². The van der Waals surface area contributed by atoms with Crippen LogP contribution in [0.15, 0.2) is 18.3 Å². The molecule has 21 heavy (non-hydrogen) atoms. The molecule has 1 heterocycles. The van der Waals surface area contributed by atoms with Crippen molar-refractivity contribution in [3.05, 3.63) is 24.0 Å². The van der Waals surface area contributed by atoms with Crippen LogP contribution >= 0.6 is 0 Å². The van der Waals surface area contributed by atoms with Gasteiger partial charge in [-0.25, -0.2) is 0 Å². The van der Waals surface area contributed by atoms with Crippen LogP contribution in [0.4, 0.5) is 5.69 Å². The Morgan fingerprint density at radius 3 is 2.76 bits per heavy atom. The Hall–Kier alpha value is -1.62.